The van der Waals surface area contributed by atoms with Gasteiger partial charge in [-0.3, -0.25) is 4.79 Å². The number of amides is 1. The van der Waals surface area contributed by atoms with Gasteiger partial charge in [-0.05, 0) is 55.8 Å². The van der Waals surface area contributed by atoms with E-state index in [1.807, 2.05) is 38.1 Å². The molecule has 0 fully saturated rings. The zero-order chi connectivity index (χ0) is 16.7. The predicted molar refractivity (Wildman–Crippen MR) is 91.3 cm³/mol. The van der Waals surface area contributed by atoms with E-state index in [2.05, 4.69) is 5.32 Å². The second-order valence-corrected chi connectivity index (χ2v) is 6.08. The molecule has 0 spiro atoms. The van der Waals surface area contributed by atoms with Crippen LogP contribution >= 0.6 is 11.8 Å². The zero-order valence-electron chi connectivity index (χ0n) is 13.2. The molecule has 0 saturated carbocycles. The molecule has 3 nitrogen and oxygen atoms in total. The van der Waals surface area contributed by atoms with Gasteiger partial charge in [0.1, 0.15) is 11.6 Å². The van der Waals surface area contributed by atoms with E-state index >= 15 is 0 Å². The van der Waals surface area contributed by atoms with Crippen molar-refractivity contribution in [3.63, 3.8) is 0 Å². The first-order valence-corrected chi connectivity index (χ1v) is 8.47. The number of halogens is 1. The molecule has 0 aliphatic carbocycles. The van der Waals surface area contributed by atoms with Crippen molar-refractivity contribution in [2.75, 3.05) is 12.4 Å². The van der Waals surface area contributed by atoms with Gasteiger partial charge in [0, 0.05) is 4.90 Å². The average Bonchev–Trinajstić information content (AvgIpc) is 2.55. The average molecular weight is 333 g/mol. The SMILES string of the molecule is CCOc1ccc(C(C)NC(=O)CSc2ccc(F)cc2)cc1. The number of benzene rings is 2. The summed E-state index contributed by atoms with van der Waals surface area (Å²) >= 11 is 1.38. The third kappa shape index (κ3) is 5.60. The molecule has 1 N–H and O–H groups in total. The molecule has 1 unspecified atom stereocenters. The molecule has 1 atom stereocenters. The molecule has 2 rings (SSSR count). The second-order valence-electron chi connectivity index (χ2n) is 5.03. The number of rotatable bonds is 7. The van der Waals surface area contributed by atoms with Crippen LogP contribution in [-0.2, 0) is 4.79 Å². The fourth-order valence-electron chi connectivity index (χ4n) is 2.07. The van der Waals surface area contributed by atoms with Gasteiger partial charge in [-0.2, -0.15) is 0 Å². The monoisotopic (exact) mass is 333 g/mol. The van der Waals surface area contributed by atoms with E-state index in [0.29, 0.717) is 12.4 Å². The lowest BCUT2D eigenvalue weighted by atomic mass is 10.1. The molecular weight excluding hydrogens is 313 g/mol. The molecule has 0 radical (unpaired) electrons. The summed E-state index contributed by atoms with van der Waals surface area (Å²) in [7, 11) is 0. The second kappa shape index (κ2) is 8.58. The number of carbonyl (C=O) groups is 1. The maximum absolute atomic E-state index is 12.8. The highest BCUT2D eigenvalue weighted by Gasteiger charge is 2.10. The normalized spacial score (nSPS) is 11.8. The van der Waals surface area contributed by atoms with E-state index in [9.17, 15) is 9.18 Å². The van der Waals surface area contributed by atoms with Gasteiger partial charge >= 0.3 is 0 Å². The number of hydrogen-bond donors (Lipinski definition) is 1. The highest BCUT2D eigenvalue weighted by Crippen LogP contribution is 2.20. The van der Waals surface area contributed by atoms with Gasteiger partial charge in [-0.25, -0.2) is 4.39 Å². The topological polar surface area (TPSA) is 38.3 Å². The van der Waals surface area contributed by atoms with Gasteiger partial charge in [0.25, 0.3) is 0 Å². The maximum Gasteiger partial charge on any atom is 0.230 e. The largest absolute Gasteiger partial charge is 0.494 e. The fourth-order valence-corrected chi connectivity index (χ4v) is 2.78. The maximum atomic E-state index is 12.8. The van der Waals surface area contributed by atoms with Crippen LogP contribution in [0, 0.1) is 5.82 Å². The first-order chi connectivity index (χ1) is 11.1. The van der Waals surface area contributed by atoms with Crippen molar-refractivity contribution in [3.8, 4) is 5.75 Å². The predicted octanol–water partition coefficient (Wildman–Crippen LogP) is 4.19. The Balaban J connectivity index is 1.82. The highest BCUT2D eigenvalue weighted by molar-refractivity contribution is 8.00. The lowest BCUT2D eigenvalue weighted by molar-refractivity contribution is -0.119. The van der Waals surface area contributed by atoms with Crippen molar-refractivity contribution in [1.82, 2.24) is 5.32 Å². The summed E-state index contributed by atoms with van der Waals surface area (Å²) in [5.41, 5.74) is 1.02. The minimum atomic E-state index is -0.275. The van der Waals surface area contributed by atoms with Crippen molar-refractivity contribution in [2.45, 2.75) is 24.8 Å². The third-order valence-electron chi connectivity index (χ3n) is 3.25. The van der Waals surface area contributed by atoms with Crippen LogP contribution in [0.5, 0.6) is 5.75 Å². The van der Waals surface area contributed by atoms with Crippen LogP contribution in [0.25, 0.3) is 0 Å². The van der Waals surface area contributed by atoms with E-state index in [1.165, 1.54) is 23.9 Å². The Bertz CT molecular complexity index is 628. The summed E-state index contributed by atoms with van der Waals surface area (Å²) < 4.78 is 18.2. The van der Waals surface area contributed by atoms with Gasteiger partial charge in [-0.1, -0.05) is 12.1 Å². The van der Waals surface area contributed by atoms with Crippen molar-refractivity contribution in [2.24, 2.45) is 0 Å². The van der Waals surface area contributed by atoms with Crippen LogP contribution in [0.4, 0.5) is 4.39 Å². The van der Waals surface area contributed by atoms with Gasteiger partial charge in [-0.15, -0.1) is 11.8 Å². The minimum Gasteiger partial charge on any atom is -0.494 e. The van der Waals surface area contributed by atoms with Crippen LogP contribution in [0.3, 0.4) is 0 Å². The molecule has 5 heteroatoms. The van der Waals surface area contributed by atoms with Crippen LogP contribution in [0.1, 0.15) is 25.5 Å². The van der Waals surface area contributed by atoms with Crippen molar-refractivity contribution in [3.05, 3.63) is 59.9 Å². The Morgan fingerprint density at radius 3 is 2.43 bits per heavy atom. The standard InChI is InChI=1S/C18H20FNO2S/c1-3-22-16-8-4-14(5-9-16)13(2)20-18(21)12-23-17-10-6-15(19)7-11-17/h4-11,13H,3,12H2,1-2H3,(H,20,21). The van der Waals surface area contributed by atoms with E-state index in [0.717, 1.165) is 16.2 Å². The zero-order valence-corrected chi connectivity index (χ0v) is 14.0. The minimum absolute atomic E-state index is 0.0549. The molecule has 23 heavy (non-hydrogen) atoms. The number of thioether (sulfide) groups is 1. The number of ether oxygens (including phenoxy) is 1. The number of nitrogens with one attached hydrogen (secondary N) is 1. The number of carbonyl (C=O) groups excluding carboxylic acids is 1. The Labute approximate surface area is 140 Å². The Hall–Kier alpha value is -2.01. The van der Waals surface area contributed by atoms with E-state index < -0.39 is 0 Å². The molecule has 0 aromatic heterocycles. The molecule has 0 aliphatic rings. The van der Waals surface area contributed by atoms with E-state index in [4.69, 9.17) is 4.74 Å². The first kappa shape index (κ1) is 17.3. The molecule has 1 amide bonds. The van der Waals surface area contributed by atoms with Crippen molar-refractivity contribution < 1.29 is 13.9 Å². The molecular formula is C18H20FNO2S. The van der Waals surface area contributed by atoms with Crippen molar-refractivity contribution >= 4 is 17.7 Å². The summed E-state index contributed by atoms with van der Waals surface area (Å²) in [6.07, 6.45) is 0. The molecule has 122 valence electrons. The van der Waals surface area contributed by atoms with Gasteiger partial charge < -0.3 is 10.1 Å². The molecule has 0 bridgehead atoms. The van der Waals surface area contributed by atoms with Crippen molar-refractivity contribution in [1.29, 1.82) is 0 Å². The fraction of sp³-hybridized carbons (Fsp3) is 0.278. The first-order valence-electron chi connectivity index (χ1n) is 7.49. The summed E-state index contributed by atoms with van der Waals surface area (Å²) in [6.45, 7) is 4.51. The van der Waals surface area contributed by atoms with Gasteiger partial charge in [0.15, 0.2) is 0 Å². The summed E-state index contributed by atoms with van der Waals surface area (Å²) in [5, 5.41) is 2.95. The summed E-state index contributed by atoms with van der Waals surface area (Å²) in [6, 6.07) is 13.7. The molecule has 2 aromatic rings. The van der Waals surface area contributed by atoms with Gasteiger partial charge in [0.05, 0.1) is 18.4 Å². The third-order valence-corrected chi connectivity index (χ3v) is 4.26. The molecule has 2 aromatic carbocycles. The quantitative estimate of drug-likeness (QED) is 0.772. The Kier molecular flexibility index (Phi) is 6.47. The van der Waals surface area contributed by atoms with Crippen LogP contribution in [0.15, 0.2) is 53.4 Å². The Morgan fingerprint density at radius 2 is 1.83 bits per heavy atom. The van der Waals surface area contributed by atoms with E-state index in [1.54, 1.807) is 12.1 Å². The Morgan fingerprint density at radius 1 is 1.17 bits per heavy atom. The van der Waals surface area contributed by atoms with Crippen LogP contribution in [0.2, 0.25) is 0 Å². The lowest BCUT2D eigenvalue weighted by Gasteiger charge is -2.15. The highest BCUT2D eigenvalue weighted by atomic mass is 32.2. The van der Waals surface area contributed by atoms with Gasteiger partial charge in [0.2, 0.25) is 5.91 Å². The summed E-state index contributed by atoms with van der Waals surface area (Å²) in [4.78, 5) is 12.9. The molecule has 0 heterocycles. The molecule has 0 saturated heterocycles. The molecule has 0 aliphatic heterocycles. The summed E-state index contributed by atoms with van der Waals surface area (Å²) in [5.74, 6) is 0.790. The van der Waals surface area contributed by atoms with E-state index in [-0.39, 0.29) is 17.8 Å². The number of hydrogen-bond acceptors (Lipinski definition) is 3. The van der Waals surface area contributed by atoms with Crippen LogP contribution < -0.4 is 10.1 Å². The lowest BCUT2D eigenvalue weighted by Crippen LogP contribution is -2.28. The van der Waals surface area contributed by atoms with Crippen LogP contribution in [-0.4, -0.2) is 18.3 Å². The smallest absolute Gasteiger partial charge is 0.230 e.